The molecule has 144 valence electrons. The summed E-state index contributed by atoms with van der Waals surface area (Å²) < 4.78 is 19.4. The van der Waals surface area contributed by atoms with Gasteiger partial charge in [-0.3, -0.25) is 0 Å². The molecule has 3 saturated heterocycles. The van der Waals surface area contributed by atoms with Crippen LogP contribution in [0.4, 0.5) is 16.0 Å². The van der Waals surface area contributed by atoms with E-state index in [4.69, 9.17) is 16.3 Å². The predicted molar refractivity (Wildman–Crippen MR) is 106 cm³/mol. The Balaban J connectivity index is 1.46. The number of hydrogen-bond donors (Lipinski definition) is 1. The molecule has 2 bridgehead atoms. The molecule has 0 radical (unpaired) electrons. The SMILES string of the molecule is Cc1nnc(NCc2cccc(F)c2Cl)c2cc(N3CC4CC(C3)O4)ncc12. The smallest absolute Gasteiger partial charge is 0.157 e. The van der Waals surface area contributed by atoms with Crippen molar-refractivity contribution in [1.82, 2.24) is 15.2 Å². The van der Waals surface area contributed by atoms with Crippen molar-refractivity contribution in [3.63, 3.8) is 0 Å². The number of nitrogens with zero attached hydrogens (tertiary/aromatic N) is 4. The van der Waals surface area contributed by atoms with Gasteiger partial charge in [-0.2, -0.15) is 5.10 Å². The molecule has 1 N–H and O–H groups in total. The van der Waals surface area contributed by atoms with E-state index < -0.39 is 5.82 Å². The summed E-state index contributed by atoms with van der Waals surface area (Å²) in [6, 6.07) is 6.81. The molecule has 6 rings (SSSR count). The number of anilines is 2. The molecule has 3 aliphatic rings. The van der Waals surface area contributed by atoms with Gasteiger partial charge in [-0.25, -0.2) is 9.37 Å². The molecule has 0 saturated carbocycles. The first-order chi connectivity index (χ1) is 13.6. The van der Waals surface area contributed by atoms with Crippen LogP contribution in [0.25, 0.3) is 10.8 Å². The van der Waals surface area contributed by atoms with E-state index in [-0.39, 0.29) is 5.02 Å². The van der Waals surface area contributed by atoms with E-state index in [1.54, 1.807) is 12.1 Å². The monoisotopic (exact) mass is 399 g/mol. The number of benzene rings is 1. The van der Waals surface area contributed by atoms with Crippen molar-refractivity contribution in [2.24, 2.45) is 0 Å². The lowest BCUT2D eigenvalue weighted by atomic mass is 9.99. The standard InChI is InChI=1S/C20H19ClFN5O/c1-11-16-8-23-18(27-9-13-5-14(10-27)28-13)6-15(16)20(26-25-11)24-7-12-3-2-4-17(22)19(12)21/h2-4,6,8,13-14H,5,7,9-10H2,1H3,(H,24,26). The predicted octanol–water partition coefficient (Wildman–Crippen LogP) is 3.72. The highest BCUT2D eigenvalue weighted by Crippen LogP contribution is 2.33. The Morgan fingerprint density at radius 1 is 1.25 bits per heavy atom. The molecule has 3 aromatic rings. The van der Waals surface area contributed by atoms with E-state index in [2.05, 4.69) is 25.4 Å². The second-order valence-corrected chi connectivity index (χ2v) is 7.69. The number of aromatic nitrogens is 3. The van der Waals surface area contributed by atoms with Crippen LogP contribution in [-0.4, -0.2) is 40.5 Å². The number of morpholine rings is 1. The molecule has 2 atom stereocenters. The number of halogens is 2. The van der Waals surface area contributed by atoms with Crippen LogP contribution in [-0.2, 0) is 11.3 Å². The fraction of sp³-hybridized carbons (Fsp3) is 0.350. The number of aryl methyl sites for hydroxylation is 1. The zero-order chi connectivity index (χ0) is 19.3. The molecule has 6 nitrogen and oxygen atoms in total. The van der Waals surface area contributed by atoms with Gasteiger partial charge in [0.25, 0.3) is 0 Å². The molecule has 8 heteroatoms. The molecule has 5 heterocycles. The maximum absolute atomic E-state index is 13.7. The summed E-state index contributed by atoms with van der Waals surface area (Å²) in [5.74, 6) is 1.10. The largest absolute Gasteiger partial charge is 0.371 e. The number of hydrogen-bond acceptors (Lipinski definition) is 6. The van der Waals surface area contributed by atoms with Gasteiger partial charge in [-0.1, -0.05) is 23.7 Å². The van der Waals surface area contributed by atoms with Gasteiger partial charge in [0.05, 0.1) is 22.9 Å². The fourth-order valence-electron chi connectivity index (χ4n) is 3.87. The average molecular weight is 400 g/mol. The van der Waals surface area contributed by atoms with E-state index in [1.165, 1.54) is 6.07 Å². The second kappa shape index (κ2) is 6.83. The summed E-state index contributed by atoms with van der Waals surface area (Å²) in [6.07, 6.45) is 3.59. The Labute approximate surface area is 166 Å². The minimum absolute atomic E-state index is 0.120. The van der Waals surface area contributed by atoms with Crippen molar-refractivity contribution in [1.29, 1.82) is 0 Å². The van der Waals surface area contributed by atoms with E-state index in [0.29, 0.717) is 30.1 Å². The van der Waals surface area contributed by atoms with Crippen molar-refractivity contribution in [3.8, 4) is 0 Å². The molecule has 0 aliphatic carbocycles. The highest BCUT2D eigenvalue weighted by Gasteiger charge is 2.38. The fourth-order valence-corrected chi connectivity index (χ4v) is 4.06. The Morgan fingerprint density at radius 2 is 2.04 bits per heavy atom. The number of fused-ring (bicyclic) bond motifs is 3. The second-order valence-electron chi connectivity index (χ2n) is 7.31. The highest BCUT2D eigenvalue weighted by atomic mass is 35.5. The zero-order valence-corrected chi connectivity index (χ0v) is 16.1. The van der Waals surface area contributed by atoms with Crippen LogP contribution in [0.1, 0.15) is 17.7 Å². The number of ether oxygens (including phenoxy) is 1. The minimum Gasteiger partial charge on any atom is -0.371 e. The van der Waals surface area contributed by atoms with Gasteiger partial charge in [-0.05, 0) is 24.6 Å². The van der Waals surface area contributed by atoms with Crippen LogP contribution in [0.3, 0.4) is 0 Å². The van der Waals surface area contributed by atoms with E-state index >= 15 is 0 Å². The van der Waals surface area contributed by atoms with Gasteiger partial charge in [0.15, 0.2) is 5.82 Å². The maximum Gasteiger partial charge on any atom is 0.157 e. The third kappa shape index (κ3) is 3.04. The van der Waals surface area contributed by atoms with E-state index in [9.17, 15) is 4.39 Å². The third-order valence-electron chi connectivity index (χ3n) is 5.40. The summed E-state index contributed by atoms with van der Waals surface area (Å²) >= 11 is 6.07. The van der Waals surface area contributed by atoms with Gasteiger partial charge in [0.2, 0.25) is 0 Å². The number of nitrogens with one attached hydrogen (secondary N) is 1. The summed E-state index contributed by atoms with van der Waals surface area (Å²) in [5.41, 5.74) is 1.48. The Morgan fingerprint density at radius 3 is 2.82 bits per heavy atom. The van der Waals surface area contributed by atoms with Gasteiger partial charge < -0.3 is 15.0 Å². The maximum atomic E-state index is 13.7. The lowest BCUT2D eigenvalue weighted by Crippen LogP contribution is -2.57. The molecule has 0 amide bonds. The van der Waals surface area contributed by atoms with Gasteiger partial charge >= 0.3 is 0 Å². The van der Waals surface area contributed by atoms with Gasteiger partial charge in [0, 0.05) is 43.0 Å². The topological polar surface area (TPSA) is 63.2 Å². The van der Waals surface area contributed by atoms with Gasteiger partial charge in [-0.15, -0.1) is 5.10 Å². The van der Waals surface area contributed by atoms with Crippen molar-refractivity contribution < 1.29 is 9.13 Å². The molecule has 0 spiro atoms. The van der Waals surface area contributed by atoms with Crippen LogP contribution in [0.15, 0.2) is 30.5 Å². The average Bonchev–Trinajstić information content (AvgIpc) is 2.70. The normalized spacial score (nSPS) is 20.9. The van der Waals surface area contributed by atoms with Crippen molar-refractivity contribution >= 4 is 34.0 Å². The lowest BCUT2D eigenvalue weighted by Gasteiger charge is -2.47. The summed E-state index contributed by atoms with van der Waals surface area (Å²) in [4.78, 5) is 6.89. The van der Waals surface area contributed by atoms with Crippen LogP contribution in [0.5, 0.6) is 0 Å². The molecule has 2 aromatic heterocycles. The van der Waals surface area contributed by atoms with Crippen LogP contribution in [0.2, 0.25) is 5.02 Å². The molecule has 3 aliphatic heterocycles. The van der Waals surface area contributed by atoms with Crippen molar-refractivity contribution in [2.45, 2.75) is 32.1 Å². The highest BCUT2D eigenvalue weighted by molar-refractivity contribution is 6.31. The molecule has 1 aromatic carbocycles. The Bertz CT molecular complexity index is 1050. The van der Waals surface area contributed by atoms with Crippen LogP contribution >= 0.6 is 11.6 Å². The lowest BCUT2D eigenvalue weighted by molar-refractivity contribution is -0.133. The van der Waals surface area contributed by atoms with E-state index in [1.807, 2.05) is 19.2 Å². The summed E-state index contributed by atoms with van der Waals surface area (Å²) in [7, 11) is 0. The third-order valence-corrected chi connectivity index (χ3v) is 5.82. The van der Waals surface area contributed by atoms with Crippen molar-refractivity contribution in [3.05, 3.63) is 52.6 Å². The molecular formula is C20H19ClFN5O. The Hall–Kier alpha value is -2.51. The molecule has 3 fully saturated rings. The van der Waals surface area contributed by atoms with Gasteiger partial charge in [0.1, 0.15) is 11.6 Å². The molecular weight excluding hydrogens is 381 g/mol. The number of pyridine rings is 1. The van der Waals surface area contributed by atoms with Crippen LogP contribution in [0, 0.1) is 12.7 Å². The summed E-state index contributed by atoms with van der Waals surface area (Å²) in [5, 5.41) is 13.8. The number of rotatable bonds is 4. The quantitative estimate of drug-likeness (QED) is 0.721. The first kappa shape index (κ1) is 17.6. The molecule has 28 heavy (non-hydrogen) atoms. The zero-order valence-electron chi connectivity index (χ0n) is 15.3. The first-order valence-electron chi connectivity index (χ1n) is 9.28. The minimum atomic E-state index is -0.432. The Kier molecular flexibility index (Phi) is 4.29. The number of piperidine rings is 1. The van der Waals surface area contributed by atoms with E-state index in [0.717, 1.165) is 41.8 Å². The summed E-state index contributed by atoms with van der Waals surface area (Å²) in [6.45, 7) is 3.97. The van der Waals surface area contributed by atoms with Crippen molar-refractivity contribution in [2.75, 3.05) is 23.3 Å². The van der Waals surface area contributed by atoms with Crippen LogP contribution < -0.4 is 10.2 Å². The first-order valence-corrected chi connectivity index (χ1v) is 9.66. The molecule has 2 unspecified atom stereocenters.